The lowest BCUT2D eigenvalue weighted by Gasteiger charge is -2.08. The minimum atomic E-state index is -1.67. The van der Waals surface area contributed by atoms with Gasteiger partial charge in [-0.25, -0.2) is 43.3 Å². The molecule has 0 aliphatic carbocycles. The van der Waals surface area contributed by atoms with Gasteiger partial charge in [-0.05, 0) is 285 Å². The highest BCUT2D eigenvalue weighted by Gasteiger charge is 2.25. The fourth-order valence-electron chi connectivity index (χ4n) is 15.0. The van der Waals surface area contributed by atoms with Crippen molar-refractivity contribution in [2.24, 2.45) is 0 Å². The predicted molar refractivity (Wildman–Crippen MR) is 490 cm³/mol. The first-order valence-corrected chi connectivity index (χ1v) is 41.7. The van der Waals surface area contributed by atoms with E-state index in [0.717, 1.165) is 66.6 Å². The van der Waals surface area contributed by atoms with Gasteiger partial charge < -0.3 is 40.4 Å². The maximum absolute atomic E-state index is 12.1. The van der Waals surface area contributed by atoms with Crippen molar-refractivity contribution in [2.45, 2.75) is 0 Å². The predicted octanol–water partition coefficient (Wildman–Crippen LogP) is 24.0. The zero-order chi connectivity index (χ0) is 86.9. The number of rotatable bonds is 16. The molecule has 28 heteroatoms. The number of hydrogen-bond donors (Lipinski definition) is 8. The molecule has 0 radical (unpaired) electrons. The zero-order valence-electron chi connectivity index (χ0n) is 63.6. The number of carbonyl (C=O) groups excluding carboxylic acids is 4. The van der Waals surface area contributed by atoms with Gasteiger partial charge in [0.05, 0.1) is 67.8 Å². The quantitative estimate of drug-likeness (QED) is 0.0417. The van der Waals surface area contributed by atoms with Gasteiger partial charge in [0.25, 0.3) is 21.0 Å². The monoisotopic (exact) mass is 1770 g/mol. The number of benzene rings is 8. The summed E-state index contributed by atoms with van der Waals surface area (Å²) in [6, 6.07) is 69.4. The van der Waals surface area contributed by atoms with E-state index in [2.05, 4.69) is 41.3 Å². The highest BCUT2D eigenvalue weighted by Crippen LogP contribution is 2.43. The van der Waals surface area contributed by atoms with Crippen molar-refractivity contribution in [3.05, 3.63) is 333 Å². The Balaban J connectivity index is 0.000000176. The second kappa shape index (κ2) is 35.2. The van der Waals surface area contributed by atoms with E-state index >= 15 is 0 Å². The second-order valence-corrected chi connectivity index (χ2v) is 32.0. The summed E-state index contributed by atoms with van der Waals surface area (Å²) in [5.41, 5.74) is 23.6. The van der Waals surface area contributed by atoms with Crippen LogP contribution in [0.4, 0.5) is 0 Å². The van der Waals surface area contributed by atoms with Crippen molar-refractivity contribution >= 4 is 215 Å². The van der Waals surface area contributed by atoms with E-state index in [0.29, 0.717) is 134 Å². The average molecular weight is 1770 g/mol. The van der Waals surface area contributed by atoms with Crippen molar-refractivity contribution in [3.63, 3.8) is 0 Å². The highest BCUT2D eigenvalue weighted by molar-refractivity contribution is 8.26. The molecule has 4 aliphatic heterocycles. The fourth-order valence-corrected chi connectivity index (χ4v) is 15.5. The van der Waals surface area contributed by atoms with Gasteiger partial charge in [-0.1, -0.05) is 97.1 Å². The van der Waals surface area contributed by atoms with Gasteiger partial charge in [-0.3, -0.25) is 19.2 Å². The maximum Gasteiger partial charge on any atom is 0.335 e. The van der Waals surface area contributed by atoms with Crippen LogP contribution in [0.1, 0.15) is 128 Å². The second-order valence-electron chi connectivity index (χ2n) is 28.1. The number of aromatic nitrogens is 8. The van der Waals surface area contributed by atoms with Crippen LogP contribution in [0.25, 0.3) is 182 Å². The Morgan fingerprint density at radius 2 is 0.323 bits per heavy atom. The molecule has 606 valence electrons. The largest absolute Gasteiger partial charge is 0.478 e. The third-order valence-electron chi connectivity index (χ3n) is 20.8. The molecule has 0 unspecified atom stereocenters. The number of carbonyl (C=O) groups is 8. The standard InChI is InChI=1S/C48H26Cl4N4O4.C48H30N4O8.Cl2OS/c49-45(57)29-9-1-25(2-10-29)41-33-17-19-35(53-33)42(26-3-11-30(12-4-26)46(50)58)37-21-23-39(55-37)44(28-7-15-32(16-8-28)48(52)60)40-24-22-38(56-40)43(36-20-18-34(41)54-36)27-5-13-31(14-6-27)47(51)59;53-45(54)29-9-1-25(2-10-29)41-33-17-19-35(49-33)42(26-3-11-30(12-4-26)46(55)56)37-21-23-39(51-37)44(28-7-15-32(16-8-28)48(59)60)40-24-22-38(52-40)43(36-20-18-34(41)50-36)27-5-13-31(14-6-27)47(57)58;1-4(2)3/h1-24,53,56H;1-24,49,52H,(H,53,54)(H,55,56)(H,57,58)(H,59,60);. The van der Waals surface area contributed by atoms with Crippen LogP contribution in [0.2, 0.25) is 0 Å². The Morgan fingerprint density at radius 1 is 0.210 bits per heavy atom. The molecule has 0 fully saturated rings. The summed E-state index contributed by atoms with van der Waals surface area (Å²) in [6.45, 7) is 0. The van der Waals surface area contributed by atoms with Crippen molar-refractivity contribution in [1.29, 1.82) is 0 Å². The molecule has 6 aromatic heterocycles. The lowest BCUT2D eigenvalue weighted by molar-refractivity contribution is 0.0686. The summed E-state index contributed by atoms with van der Waals surface area (Å²) in [4.78, 5) is 131. The molecule has 0 spiro atoms. The molecule has 124 heavy (non-hydrogen) atoms. The number of carboxylic acid groups (broad SMARTS) is 4. The molecule has 16 bridgehead atoms. The number of H-pyrrole nitrogens is 4. The topological polar surface area (TPSA) is 349 Å². The highest BCUT2D eigenvalue weighted by atomic mass is 36.0. The molecular weight excluding hydrogens is 1720 g/mol. The molecule has 18 rings (SSSR count). The number of aromatic amines is 4. The minimum absolute atomic E-state index is 0.117. The van der Waals surface area contributed by atoms with Gasteiger partial charge in [0.2, 0.25) is 9.23 Å². The Hall–Kier alpha value is -14.6. The summed E-state index contributed by atoms with van der Waals surface area (Å²) >= 11 is 23.4. The van der Waals surface area contributed by atoms with Crippen LogP contribution in [0.5, 0.6) is 0 Å². The van der Waals surface area contributed by atoms with Crippen LogP contribution in [0, 0.1) is 0 Å². The van der Waals surface area contributed by atoms with Gasteiger partial charge in [-0.2, -0.15) is 0 Å². The van der Waals surface area contributed by atoms with Crippen molar-refractivity contribution < 1.29 is 63.0 Å². The number of nitrogens with zero attached hydrogens (tertiary/aromatic N) is 4. The normalized spacial score (nSPS) is 11.7. The molecule has 21 nitrogen and oxygen atoms in total. The van der Waals surface area contributed by atoms with E-state index in [1.165, 1.54) is 48.5 Å². The van der Waals surface area contributed by atoms with Gasteiger partial charge in [0.1, 0.15) is 0 Å². The molecule has 0 saturated heterocycles. The smallest absolute Gasteiger partial charge is 0.335 e. The lowest BCUT2D eigenvalue weighted by atomic mass is 10.0. The maximum atomic E-state index is 12.1. The van der Waals surface area contributed by atoms with Crippen molar-refractivity contribution in [2.75, 3.05) is 0 Å². The van der Waals surface area contributed by atoms with Crippen LogP contribution >= 0.6 is 67.8 Å². The first-order chi connectivity index (χ1) is 59.8. The first-order valence-electron chi connectivity index (χ1n) is 37.4. The Labute approximate surface area is 733 Å². The van der Waals surface area contributed by atoms with Crippen molar-refractivity contribution in [3.8, 4) is 89.0 Å². The fraction of sp³-hybridized carbons (Fsp3) is 0. The summed E-state index contributed by atoms with van der Waals surface area (Å²) in [6.07, 6.45) is 15.2. The minimum Gasteiger partial charge on any atom is -0.478 e. The van der Waals surface area contributed by atoms with Crippen LogP contribution < -0.4 is 0 Å². The van der Waals surface area contributed by atoms with Crippen LogP contribution in [-0.2, 0) is 9.23 Å². The molecule has 10 heterocycles. The Bertz CT molecular complexity index is 6090. The average Bonchev–Trinajstić information content (AvgIpc) is 1.61. The molecule has 4 aliphatic rings. The first kappa shape index (κ1) is 83.1. The number of hydrogen-bond acceptors (Lipinski definition) is 13. The van der Waals surface area contributed by atoms with E-state index in [-0.39, 0.29) is 22.3 Å². The number of aromatic carboxylic acids is 4. The Morgan fingerprint density at radius 3 is 0.427 bits per heavy atom. The van der Waals surface area contributed by atoms with E-state index in [1.807, 2.05) is 146 Å². The molecule has 8 aromatic carbocycles. The van der Waals surface area contributed by atoms with Gasteiger partial charge in [-0.15, -0.1) is 0 Å². The molecule has 14 aromatic rings. The molecular formula is C96H56Cl6N8O13S. The molecule has 0 saturated carbocycles. The van der Waals surface area contributed by atoms with Crippen LogP contribution in [0.15, 0.2) is 243 Å². The molecule has 8 N–H and O–H groups in total. The SMILES string of the molecule is O=C(Cl)c1ccc(-c2c3nc(c(-c4ccc(C(=O)Cl)cc4)c4ccc([nH]4)c(-c4ccc(C(=O)Cl)cc4)c4nc(c(-c5ccc(C(=O)Cl)cc5)c5ccc2[nH]5)C=C4)C=C3)cc1.O=C(O)c1ccc(-c2c3nc(c(-c4ccc(C(=O)O)cc4)c4ccc([nH]4)c(-c4ccc(C(=O)O)cc4)c4nc(c(-c5ccc(C(=O)O)cc5)c5ccc2[nH]5)C=C4)C=C3)cc1.O=S(Cl)Cl. The third-order valence-corrected chi connectivity index (χ3v) is 21.7. The molecule has 0 atom stereocenters. The van der Waals surface area contributed by atoms with E-state index in [1.54, 1.807) is 97.1 Å². The number of nitrogens with one attached hydrogen (secondary N) is 4. The Kier molecular flexibility index (Phi) is 23.6. The number of fused-ring (bicyclic) bond motifs is 16. The molecule has 0 amide bonds. The zero-order valence-corrected chi connectivity index (χ0v) is 69.0. The van der Waals surface area contributed by atoms with E-state index in [4.69, 9.17) is 70.5 Å². The summed E-state index contributed by atoms with van der Waals surface area (Å²) in [5.74, 6) is -4.25. The van der Waals surface area contributed by atoms with Crippen molar-refractivity contribution in [1.82, 2.24) is 39.9 Å². The summed E-state index contributed by atoms with van der Waals surface area (Å²) in [5, 5.41) is 36.4. The summed E-state index contributed by atoms with van der Waals surface area (Å²) in [7, 11) is 7.36. The number of halogens is 6. The van der Waals surface area contributed by atoms with E-state index in [9.17, 15) is 58.8 Å². The number of carboxylic acids is 4. The van der Waals surface area contributed by atoms with E-state index < -0.39 is 54.1 Å². The van der Waals surface area contributed by atoms with Gasteiger partial charge in [0, 0.05) is 132 Å². The van der Waals surface area contributed by atoms with Gasteiger partial charge in [0.15, 0.2) is 0 Å². The van der Waals surface area contributed by atoms with Crippen LogP contribution in [0.3, 0.4) is 0 Å². The van der Waals surface area contributed by atoms with Gasteiger partial charge >= 0.3 is 23.9 Å². The van der Waals surface area contributed by atoms with Crippen LogP contribution in [-0.4, -0.2) is 109 Å². The lowest BCUT2D eigenvalue weighted by Crippen LogP contribution is -1.96. The summed E-state index contributed by atoms with van der Waals surface area (Å²) < 4.78 is 9.09. The third kappa shape index (κ3) is 17.3.